The summed E-state index contributed by atoms with van der Waals surface area (Å²) < 4.78 is 2.88. The molecule has 4 heteroatoms. The van der Waals surface area contributed by atoms with Crippen LogP contribution in [-0.4, -0.2) is 9.78 Å². The van der Waals surface area contributed by atoms with E-state index < -0.39 is 0 Å². The van der Waals surface area contributed by atoms with Crippen molar-refractivity contribution in [2.45, 2.75) is 5.88 Å². The second kappa shape index (κ2) is 4.37. The van der Waals surface area contributed by atoms with E-state index in [9.17, 15) is 0 Å². The first-order chi connectivity index (χ1) is 7.20. The average molecular weight is 286 g/mol. The summed E-state index contributed by atoms with van der Waals surface area (Å²) in [6.07, 6.45) is 0. The van der Waals surface area contributed by atoms with Gasteiger partial charge in [0.1, 0.15) is 0 Å². The lowest BCUT2D eigenvalue weighted by Crippen LogP contribution is -1.94. The van der Waals surface area contributed by atoms with Crippen molar-refractivity contribution in [3.8, 4) is 11.3 Å². The Morgan fingerprint density at radius 1 is 1.33 bits per heavy atom. The van der Waals surface area contributed by atoms with Crippen molar-refractivity contribution in [3.63, 3.8) is 0 Å². The van der Waals surface area contributed by atoms with Gasteiger partial charge in [0.25, 0.3) is 0 Å². The van der Waals surface area contributed by atoms with E-state index in [0.717, 1.165) is 21.4 Å². The highest BCUT2D eigenvalue weighted by Crippen LogP contribution is 2.21. The van der Waals surface area contributed by atoms with Crippen molar-refractivity contribution in [1.82, 2.24) is 9.78 Å². The Hall–Kier alpha value is -0.800. The van der Waals surface area contributed by atoms with Gasteiger partial charge in [0.05, 0.1) is 17.3 Å². The fraction of sp³-hybridized carbons (Fsp3) is 0.182. The van der Waals surface area contributed by atoms with E-state index in [2.05, 4.69) is 21.0 Å². The number of aryl methyl sites for hydroxylation is 1. The summed E-state index contributed by atoms with van der Waals surface area (Å²) in [4.78, 5) is 0. The van der Waals surface area contributed by atoms with Crippen molar-refractivity contribution in [1.29, 1.82) is 0 Å². The van der Waals surface area contributed by atoms with Crippen molar-refractivity contribution < 1.29 is 0 Å². The first-order valence-electron chi connectivity index (χ1n) is 4.55. The van der Waals surface area contributed by atoms with Crippen molar-refractivity contribution in [3.05, 3.63) is 40.5 Å². The Morgan fingerprint density at radius 3 is 2.53 bits per heavy atom. The molecule has 0 aliphatic rings. The van der Waals surface area contributed by atoms with E-state index in [1.807, 2.05) is 42.1 Å². The van der Waals surface area contributed by atoms with Crippen LogP contribution in [0.15, 0.2) is 34.8 Å². The van der Waals surface area contributed by atoms with Crippen LogP contribution in [0.4, 0.5) is 0 Å². The van der Waals surface area contributed by atoms with Crippen molar-refractivity contribution >= 4 is 27.5 Å². The van der Waals surface area contributed by atoms with Gasteiger partial charge in [-0.3, -0.25) is 4.68 Å². The molecule has 0 aliphatic heterocycles. The molecule has 2 aromatic rings. The lowest BCUT2D eigenvalue weighted by atomic mass is 10.1. The zero-order valence-corrected chi connectivity index (χ0v) is 10.6. The number of rotatable bonds is 2. The number of halogens is 2. The summed E-state index contributed by atoms with van der Waals surface area (Å²) in [5, 5.41) is 4.40. The predicted octanol–water partition coefficient (Wildman–Crippen LogP) is 3.59. The van der Waals surface area contributed by atoms with Gasteiger partial charge in [0.15, 0.2) is 0 Å². The summed E-state index contributed by atoms with van der Waals surface area (Å²) in [7, 11) is 1.90. The van der Waals surface area contributed by atoms with Gasteiger partial charge >= 0.3 is 0 Å². The zero-order chi connectivity index (χ0) is 10.8. The van der Waals surface area contributed by atoms with E-state index >= 15 is 0 Å². The Kier molecular flexibility index (Phi) is 3.12. The molecular formula is C11H10BrClN2. The maximum Gasteiger partial charge on any atom is 0.0926 e. The van der Waals surface area contributed by atoms with Crippen molar-refractivity contribution in [2.75, 3.05) is 0 Å². The minimum absolute atomic E-state index is 0.486. The molecule has 0 unspecified atom stereocenters. The first-order valence-corrected chi connectivity index (χ1v) is 5.88. The molecular weight excluding hydrogens is 275 g/mol. The molecule has 0 saturated carbocycles. The summed E-state index contributed by atoms with van der Waals surface area (Å²) in [6.45, 7) is 0. The van der Waals surface area contributed by atoms with Gasteiger partial charge in [-0.25, -0.2) is 0 Å². The molecule has 2 nitrogen and oxygen atoms in total. The third kappa shape index (κ3) is 2.24. The zero-order valence-electron chi connectivity index (χ0n) is 8.24. The molecule has 78 valence electrons. The van der Waals surface area contributed by atoms with Crippen LogP contribution in [0.2, 0.25) is 0 Å². The van der Waals surface area contributed by atoms with Gasteiger partial charge < -0.3 is 0 Å². The van der Waals surface area contributed by atoms with E-state index in [-0.39, 0.29) is 0 Å². The van der Waals surface area contributed by atoms with Gasteiger partial charge in [-0.2, -0.15) is 5.10 Å². The lowest BCUT2D eigenvalue weighted by molar-refractivity contribution is 0.737. The van der Waals surface area contributed by atoms with Crippen LogP contribution < -0.4 is 0 Å². The van der Waals surface area contributed by atoms with Gasteiger partial charge in [0, 0.05) is 17.1 Å². The van der Waals surface area contributed by atoms with Crippen LogP contribution in [0.1, 0.15) is 5.69 Å². The fourth-order valence-electron chi connectivity index (χ4n) is 1.39. The topological polar surface area (TPSA) is 17.8 Å². The van der Waals surface area contributed by atoms with Crippen LogP contribution in [-0.2, 0) is 12.9 Å². The van der Waals surface area contributed by atoms with E-state index in [1.54, 1.807) is 0 Å². The molecule has 1 aromatic carbocycles. The molecule has 0 saturated heterocycles. The molecule has 1 heterocycles. The van der Waals surface area contributed by atoms with Crippen LogP contribution in [0.3, 0.4) is 0 Å². The van der Waals surface area contributed by atoms with Gasteiger partial charge in [0.2, 0.25) is 0 Å². The Balaban J connectivity index is 2.41. The molecule has 2 rings (SSSR count). The molecule has 1 aromatic heterocycles. The summed E-state index contributed by atoms with van der Waals surface area (Å²) in [5.74, 6) is 0.486. The van der Waals surface area contributed by atoms with E-state index in [1.165, 1.54) is 0 Å². The summed E-state index contributed by atoms with van der Waals surface area (Å²) >= 11 is 9.19. The molecule has 0 atom stereocenters. The molecule has 0 aliphatic carbocycles. The van der Waals surface area contributed by atoms with Gasteiger partial charge in [-0.05, 0) is 18.2 Å². The molecule has 0 N–H and O–H groups in total. The standard InChI is InChI=1S/C11H10BrClN2/c1-15-10(7-13)6-11(14-15)8-2-4-9(12)5-3-8/h2-6H,7H2,1H3. The molecule has 0 bridgehead atoms. The Bertz CT molecular complexity index is 462. The number of hydrogen-bond donors (Lipinski definition) is 0. The maximum atomic E-state index is 5.79. The monoisotopic (exact) mass is 284 g/mol. The number of alkyl halides is 1. The summed E-state index contributed by atoms with van der Waals surface area (Å²) in [6, 6.07) is 10.1. The summed E-state index contributed by atoms with van der Waals surface area (Å²) in [5.41, 5.74) is 3.08. The fourth-order valence-corrected chi connectivity index (χ4v) is 1.91. The number of benzene rings is 1. The Labute approximate surface area is 102 Å². The highest BCUT2D eigenvalue weighted by Gasteiger charge is 2.05. The molecule has 0 spiro atoms. The highest BCUT2D eigenvalue weighted by atomic mass is 79.9. The number of nitrogens with zero attached hydrogens (tertiary/aromatic N) is 2. The van der Waals surface area contributed by atoms with Crippen LogP contribution >= 0.6 is 27.5 Å². The largest absolute Gasteiger partial charge is 0.271 e. The minimum atomic E-state index is 0.486. The van der Waals surface area contributed by atoms with E-state index in [4.69, 9.17) is 11.6 Å². The minimum Gasteiger partial charge on any atom is -0.271 e. The second-order valence-corrected chi connectivity index (χ2v) is 4.47. The molecule has 0 amide bonds. The highest BCUT2D eigenvalue weighted by molar-refractivity contribution is 9.10. The van der Waals surface area contributed by atoms with Crippen LogP contribution in [0, 0.1) is 0 Å². The molecule has 0 radical (unpaired) electrons. The molecule has 15 heavy (non-hydrogen) atoms. The van der Waals surface area contributed by atoms with Crippen LogP contribution in [0.5, 0.6) is 0 Å². The SMILES string of the molecule is Cn1nc(-c2ccc(Br)cc2)cc1CCl. The van der Waals surface area contributed by atoms with Crippen molar-refractivity contribution in [2.24, 2.45) is 7.05 Å². The predicted molar refractivity (Wildman–Crippen MR) is 65.9 cm³/mol. The first kappa shape index (κ1) is 10.7. The molecule has 0 fully saturated rings. The second-order valence-electron chi connectivity index (χ2n) is 3.29. The van der Waals surface area contributed by atoms with Gasteiger partial charge in [-0.15, -0.1) is 11.6 Å². The quantitative estimate of drug-likeness (QED) is 0.771. The maximum absolute atomic E-state index is 5.79. The van der Waals surface area contributed by atoms with Gasteiger partial charge in [-0.1, -0.05) is 28.1 Å². The van der Waals surface area contributed by atoms with Crippen LogP contribution in [0.25, 0.3) is 11.3 Å². The Morgan fingerprint density at radius 2 is 2.00 bits per heavy atom. The average Bonchev–Trinajstić information content (AvgIpc) is 2.61. The third-order valence-electron chi connectivity index (χ3n) is 2.25. The normalized spacial score (nSPS) is 10.6. The smallest absolute Gasteiger partial charge is 0.0926 e. The lowest BCUT2D eigenvalue weighted by Gasteiger charge is -1.95. The number of hydrogen-bond acceptors (Lipinski definition) is 1. The number of aromatic nitrogens is 2. The van der Waals surface area contributed by atoms with E-state index in [0.29, 0.717) is 5.88 Å². The third-order valence-corrected chi connectivity index (χ3v) is 3.06.